The maximum Gasteiger partial charge on any atom is 0.319 e. The van der Waals surface area contributed by atoms with Gasteiger partial charge in [0.05, 0.1) is 24.0 Å². The number of carbonyl (C=O) groups excluding carboxylic acids is 2. The molecule has 2 N–H and O–H groups in total. The van der Waals surface area contributed by atoms with Crippen LogP contribution in [0.25, 0.3) is 0 Å². The molecule has 1 aliphatic heterocycles. The molecule has 0 unspecified atom stereocenters. The van der Waals surface area contributed by atoms with E-state index in [1.165, 1.54) is 19.3 Å². The molecule has 1 fully saturated rings. The smallest absolute Gasteiger partial charge is 0.319 e. The minimum Gasteiger partial charge on any atom is -0.495 e. The van der Waals surface area contributed by atoms with E-state index in [9.17, 15) is 9.59 Å². The maximum atomic E-state index is 13.2. The standard InChI is InChI=1S/C26H36N4O3/c1-3-4-5-6-11-16-27-26(32)28-22-13-8-7-12-21(22)25(31)30-19-17-29(18-20-30)23-14-9-10-15-24(23)33-2/h7-10,12-15H,3-6,11,16-20H2,1-2H3,(H2,27,28,32). The summed E-state index contributed by atoms with van der Waals surface area (Å²) in [6, 6.07) is 14.9. The van der Waals surface area contributed by atoms with Gasteiger partial charge in [-0.25, -0.2) is 4.79 Å². The van der Waals surface area contributed by atoms with E-state index in [1.54, 1.807) is 19.2 Å². The van der Waals surface area contributed by atoms with Crippen molar-refractivity contribution in [1.29, 1.82) is 0 Å². The minimum absolute atomic E-state index is 0.0647. The van der Waals surface area contributed by atoms with Crippen molar-refractivity contribution in [1.82, 2.24) is 10.2 Å². The van der Waals surface area contributed by atoms with Gasteiger partial charge >= 0.3 is 6.03 Å². The number of methoxy groups -OCH3 is 1. The number of ether oxygens (including phenoxy) is 1. The Balaban J connectivity index is 1.54. The number of nitrogens with one attached hydrogen (secondary N) is 2. The number of unbranched alkanes of at least 4 members (excludes halogenated alkanes) is 4. The second-order valence-electron chi connectivity index (χ2n) is 8.29. The van der Waals surface area contributed by atoms with Crippen LogP contribution in [0.5, 0.6) is 5.75 Å². The summed E-state index contributed by atoms with van der Waals surface area (Å²) in [4.78, 5) is 29.7. The van der Waals surface area contributed by atoms with Crippen LogP contribution in [0, 0.1) is 0 Å². The van der Waals surface area contributed by atoms with Gasteiger partial charge in [-0.3, -0.25) is 4.79 Å². The highest BCUT2D eigenvalue weighted by molar-refractivity contribution is 6.03. The summed E-state index contributed by atoms with van der Waals surface area (Å²) >= 11 is 0. The van der Waals surface area contributed by atoms with Gasteiger partial charge in [-0.15, -0.1) is 0 Å². The molecule has 7 heteroatoms. The quantitative estimate of drug-likeness (QED) is 0.510. The first-order valence-corrected chi connectivity index (χ1v) is 11.9. The molecule has 0 atom stereocenters. The van der Waals surface area contributed by atoms with E-state index in [1.807, 2.05) is 41.3 Å². The predicted octanol–water partition coefficient (Wildman–Crippen LogP) is 4.75. The molecule has 2 aromatic rings. The Morgan fingerprint density at radius 3 is 2.36 bits per heavy atom. The van der Waals surface area contributed by atoms with Crippen molar-refractivity contribution in [3.8, 4) is 5.75 Å². The van der Waals surface area contributed by atoms with Crippen LogP contribution < -0.4 is 20.3 Å². The highest BCUT2D eigenvalue weighted by atomic mass is 16.5. The highest BCUT2D eigenvalue weighted by Gasteiger charge is 2.25. The molecule has 0 aromatic heterocycles. The molecule has 33 heavy (non-hydrogen) atoms. The topological polar surface area (TPSA) is 73.9 Å². The number of nitrogens with zero attached hydrogens (tertiary/aromatic N) is 2. The van der Waals surface area contributed by atoms with Crippen molar-refractivity contribution < 1.29 is 14.3 Å². The Bertz CT molecular complexity index is 910. The molecule has 2 aromatic carbocycles. The second-order valence-corrected chi connectivity index (χ2v) is 8.29. The van der Waals surface area contributed by atoms with Crippen molar-refractivity contribution in [3.05, 3.63) is 54.1 Å². The lowest BCUT2D eigenvalue weighted by Crippen LogP contribution is -2.49. The van der Waals surface area contributed by atoms with Crippen molar-refractivity contribution in [2.45, 2.75) is 39.0 Å². The molecule has 0 spiro atoms. The summed E-state index contributed by atoms with van der Waals surface area (Å²) in [5.41, 5.74) is 2.10. The van der Waals surface area contributed by atoms with Crippen LogP contribution in [0.3, 0.4) is 0 Å². The number of para-hydroxylation sites is 3. The van der Waals surface area contributed by atoms with E-state index in [4.69, 9.17) is 4.74 Å². The lowest BCUT2D eigenvalue weighted by molar-refractivity contribution is 0.0747. The van der Waals surface area contributed by atoms with E-state index < -0.39 is 0 Å². The molecule has 0 bridgehead atoms. The van der Waals surface area contributed by atoms with Crippen LogP contribution in [-0.2, 0) is 0 Å². The minimum atomic E-state index is -0.272. The molecular weight excluding hydrogens is 416 g/mol. The van der Waals surface area contributed by atoms with Gasteiger partial charge in [0.15, 0.2) is 0 Å². The Labute approximate surface area is 197 Å². The Morgan fingerprint density at radius 1 is 0.909 bits per heavy atom. The molecular formula is C26H36N4O3. The summed E-state index contributed by atoms with van der Waals surface area (Å²) in [5.74, 6) is 0.772. The van der Waals surface area contributed by atoms with Gasteiger partial charge in [-0.1, -0.05) is 56.9 Å². The number of hydrogen-bond acceptors (Lipinski definition) is 4. The molecule has 3 rings (SSSR count). The van der Waals surface area contributed by atoms with Gasteiger partial charge in [-0.2, -0.15) is 0 Å². The fraction of sp³-hybridized carbons (Fsp3) is 0.462. The molecule has 0 radical (unpaired) electrons. The number of rotatable bonds is 10. The number of urea groups is 1. The fourth-order valence-corrected chi connectivity index (χ4v) is 4.09. The van der Waals surface area contributed by atoms with Gasteiger partial charge in [0.1, 0.15) is 5.75 Å². The molecule has 1 heterocycles. The second kappa shape index (κ2) is 12.7. The number of hydrogen-bond donors (Lipinski definition) is 2. The van der Waals surface area contributed by atoms with Gasteiger partial charge in [0, 0.05) is 32.7 Å². The Kier molecular flexibility index (Phi) is 9.42. The van der Waals surface area contributed by atoms with Crippen LogP contribution in [-0.4, -0.2) is 56.7 Å². The van der Waals surface area contributed by atoms with Crippen LogP contribution >= 0.6 is 0 Å². The van der Waals surface area contributed by atoms with Crippen molar-refractivity contribution in [2.24, 2.45) is 0 Å². The number of piperazine rings is 1. The lowest BCUT2D eigenvalue weighted by atomic mass is 10.1. The molecule has 0 saturated carbocycles. The normalized spacial score (nSPS) is 13.5. The lowest BCUT2D eigenvalue weighted by Gasteiger charge is -2.36. The summed E-state index contributed by atoms with van der Waals surface area (Å²) in [7, 11) is 1.67. The van der Waals surface area contributed by atoms with E-state index in [0.29, 0.717) is 30.9 Å². The zero-order chi connectivity index (χ0) is 23.5. The molecule has 1 aliphatic rings. The fourth-order valence-electron chi connectivity index (χ4n) is 4.09. The van der Waals surface area contributed by atoms with Crippen molar-refractivity contribution >= 4 is 23.3 Å². The first-order chi connectivity index (χ1) is 16.1. The average Bonchev–Trinajstić information content (AvgIpc) is 2.86. The molecule has 178 valence electrons. The SMILES string of the molecule is CCCCCCCNC(=O)Nc1ccccc1C(=O)N1CCN(c2ccccc2OC)CC1. The van der Waals surface area contributed by atoms with Gasteiger partial charge < -0.3 is 25.2 Å². The van der Waals surface area contributed by atoms with Gasteiger partial charge in [-0.05, 0) is 30.7 Å². The van der Waals surface area contributed by atoms with E-state index in [-0.39, 0.29) is 11.9 Å². The average molecular weight is 453 g/mol. The van der Waals surface area contributed by atoms with Gasteiger partial charge in [0.25, 0.3) is 5.91 Å². The number of benzene rings is 2. The van der Waals surface area contributed by atoms with Gasteiger partial charge in [0.2, 0.25) is 0 Å². The molecule has 1 saturated heterocycles. The maximum absolute atomic E-state index is 13.2. The highest BCUT2D eigenvalue weighted by Crippen LogP contribution is 2.29. The zero-order valence-corrected chi connectivity index (χ0v) is 19.8. The Morgan fingerprint density at radius 2 is 1.61 bits per heavy atom. The third kappa shape index (κ3) is 6.88. The first-order valence-electron chi connectivity index (χ1n) is 11.9. The van der Waals surface area contributed by atoms with Crippen molar-refractivity contribution in [2.75, 3.05) is 50.1 Å². The summed E-state index contributed by atoms with van der Waals surface area (Å²) in [6.45, 7) is 5.48. The number of carbonyl (C=O) groups is 2. The molecule has 3 amide bonds. The van der Waals surface area contributed by atoms with E-state index >= 15 is 0 Å². The van der Waals surface area contributed by atoms with Crippen LogP contribution in [0.1, 0.15) is 49.4 Å². The van der Waals surface area contributed by atoms with E-state index in [2.05, 4.69) is 22.5 Å². The zero-order valence-electron chi connectivity index (χ0n) is 19.8. The largest absolute Gasteiger partial charge is 0.495 e. The first kappa shape index (κ1) is 24.4. The third-order valence-electron chi connectivity index (χ3n) is 5.96. The van der Waals surface area contributed by atoms with Crippen molar-refractivity contribution in [3.63, 3.8) is 0 Å². The third-order valence-corrected chi connectivity index (χ3v) is 5.96. The number of amides is 3. The summed E-state index contributed by atoms with van der Waals surface area (Å²) < 4.78 is 5.48. The predicted molar refractivity (Wildman–Crippen MR) is 133 cm³/mol. The van der Waals surface area contributed by atoms with Crippen LogP contribution in [0.15, 0.2) is 48.5 Å². The van der Waals surface area contributed by atoms with Crippen LogP contribution in [0.4, 0.5) is 16.2 Å². The molecule has 7 nitrogen and oxygen atoms in total. The summed E-state index contributed by atoms with van der Waals surface area (Å²) in [6.07, 6.45) is 5.71. The molecule has 0 aliphatic carbocycles. The van der Waals surface area contributed by atoms with E-state index in [0.717, 1.165) is 37.4 Å². The monoisotopic (exact) mass is 452 g/mol. The Hall–Kier alpha value is -3.22. The number of anilines is 2. The van der Waals surface area contributed by atoms with Crippen LogP contribution in [0.2, 0.25) is 0 Å². The summed E-state index contributed by atoms with van der Waals surface area (Å²) in [5, 5.41) is 5.75.